The highest BCUT2D eigenvalue weighted by Gasteiger charge is 2.13. The molecule has 2 nitrogen and oxygen atoms in total. The first-order chi connectivity index (χ1) is 6.56. The molecular weight excluding hydrogens is 190 g/mol. The number of carbonyl (C=O) groups is 1. The Bertz CT molecular complexity index is 348. The van der Waals surface area contributed by atoms with Crippen molar-refractivity contribution in [2.45, 2.75) is 13.3 Å². The topological polar surface area (TPSA) is 26.3 Å². The molecule has 4 heteroatoms. The van der Waals surface area contributed by atoms with Gasteiger partial charge in [0.1, 0.15) is 0 Å². The van der Waals surface area contributed by atoms with Crippen LogP contribution in [0.2, 0.25) is 0 Å². The van der Waals surface area contributed by atoms with Crippen molar-refractivity contribution in [2.24, 2.45) is 0 Å². The van der Waals surface area contributed by atoms with Crippen LogP contribution < -0.4 is 0 Å². The summed E-state index contributed by atoms with van der Waals surface area (Å²) in [7, 11) is 1.25. The lowest BCUT2D eigenvalue weighted by molar-refractivity contribution is 0.0600. The van der Waals surface area contributed by atoms with E-state index in [0.29, 0.717) is 5.56 Å². The largest absolute Gasteiger partial charge is 0.465 e. The predicted octanol–water partition coefficient (Wildman–Crippen LogP) is 2.72. The van der Waals surface area contributed by atoms with Crippen LogP contribution in [0.3, 0.4) is 0 Å². The van der Waals surface area contributed by atoms with Gasteiger partial charge in [0.05, 0.1) is 12.7 Å². The Morgan fingerprint density at radius 2 is 2.07 bits per heavy atom. The maximum Gasteiger partial charge on any atom is 0.337 e. The van der Waals surface area contributed by atoms with Gasteiger partial charge in [-0.2, -0.15) is 0 Å². The Labute approximate surface area is 80.5 Å². The van der Waals surface area contributed by atoms with Gasteiger partial charge >= 0.3 is 5.97 Å². The van der Waals surface area contributed by atoms with E-state index < -0.39 is 12.4 Å². The van der Waals surface area contributed by atoms with E-state index in [1.807, 2.05) is 0 Å². The fraction of sp³-hybridized carbons (Fsp3) is 0.300. The summed E-state index contributed by atoms with van der Waals surface area (Å²) in [5.41, 5.74) is 0.620. The zero-order chi connectivity index (χ0) is 10.7. The number of hydrogen-bond acceptors (Lipinski definition) is 2. The van der Waals surface area contributed by atoms with Crippen LogP contribution in [-0.4, -0.2) is 13.1 Å². The van der Waals surface area contributed by atoms with E-state index in [9.17, 15) is 13.6 Å². The van der Waals surface area contributed by atoms with Crippen LogP contribution in [0.15, 0.2) is 18.2 Å². The number of benzene rings is 1. The highest BCUT2D eigenvalue weighted by molar-refractivity contribution is 5.89. The van der Waals surface area contributed by atoms with Gasteiger partial charge < -0.3 is 4.74 Å². The van der Waals surface area contributed by atoms with Crippen LogP contribution in [0.25, 0.3) is 0 Å². The number of halogens is 2. The van der Waals surface area contributed by atoms with Crippen LogP contribution in [0.4, 0.5) is 8.78 Å². The average molecular weight is 200 g/mol. The molecule has 0 aliphatic carbocycles. The Morgan fingerprint density at radius 3 is 2.50 bits per heavy atom. The van der Waals surface area contributed by atoms with Crippen LogP contribution in [0.5, 0.6) is 0 Å². The fourth-order valence-corrected chi connectivity index (χ4v) is 1.17. The van der Waals surface area contributed by atoms with Crippen LogP contribution in [-0.2, 0) is 4.74 Å². The minimum absolute atomic E-state index is 0.0577. The zero-order valence-corrected chi connectivity index (χ0v) is 7.88. The standard InChI is InChI=1S/C10H10F2O2/c1-6-5-7(10(13)14-2)3-4-8(6)9(11)12/h3-5,9H,1-2H3. The summed E-state index contributed by atoms with van der Waals surface area (Å²) in [4.78, 5) is 11.0. The maximum atomic E-state index is 12.3. The third-order valence-corrected chi connectivity index (χ3v) is 1.93. The molecule has 1 aromatic carbocycles. The van der Waals surface area contributed by atoms with Gasteiger partial charge in [-0.3, -0.25) is 0 Å². The molecule has 0 radical (unpaired) electrons. The first-order valence-electron chi connectivity index (χ1n) is 4.03. The zero-order valence-electron chi connectivity index (χ0n) is 7.88. The molecular formula is C10H10F2O2. The Kier molecular flexibility index (Phi) is 3.17. The van der Waals surface area contributed by atoms with E-state index >= 15 is 0 Å². The lowest BCUT2D eigenvalue weighted by atomic mass is 10.1. The van der Waals surface area contributed by atoms with E-state index in [2.05, 4.69) is 4.74 Å². The molecule has 0 fully saturated rings. The van der Waals surface area contributed by atoms with E-state index in [0.717, 1.165) is 0 Å². The number of ether oxygens (including phenoxy) is 1. The van der Waals surface area contributed by atoms with Crippen LogP contribution >= 0.6 is 0 Å². The van der Waals surface area contributed by atoms with Gasteiger partial charge in [-0.1, -0.05) is 6.07 Å². The van der Waals surface area contributed by atoms with Crippen molar-refractivity contribution < 1.29 is 18.3 Å². The molecule has 0 saturated heterocycles. The van der Waals surface area contributed by atoms with Crippen molar-refractivity contribution in [3.05, 3.63) is 34.9 Å². The van der Waals surface area contributed by atoms with E-state index in [4.69, 9.17) is 0 Å². The van der Waals surface area contributed by atoms with Crippen molar-refractivity contribution in [3.63, 3.8) is 0 Å². The summed E-state index contributed by atoms with van der Waals surface area (Å²) < 4.78 is 29.1. The third-order valence-electron chi connectivity index (χ3n) is 1.93. The van der Waals surface area contributed by atoms with Crippen molar-refractivity contribution in [1.82, 2.24) is 0 Å². The molecule has 0 atom stereocenters. The maximum absolute atomic E-state index is 12.3. The number of hydrogen-bond donors (Lipinski definition) is 0. The highest BCUT2D eigenvalue weighted by Crippen LogP contribution is 2.23. The van der Waals surface area contributed by atoms with Gasteiger partial charge in [0.25, 0.3) is 6.43 Å². The lowest BCUT2D eigenvalue weighted by Gasteiger charge is -2.06. The molecule has 0 bridgehead atoms. The molecule has 0 heterocycles. The third kappa shape index (κ3) is 2.07. The smallest absolute Gasteiger partial charge is 0.337 e. The molecule has 0 aromatic heterocycles. The summed E-state index contributed by atoms with van der Waals surface area (Å²) >= 11 is 0. The van der Waals surface area contributed by atoms with Gasteiger partial charge in [0.15, 0.2) is 0 Å². The predicted molar refractivity (Wildman–Crippen MR) is 47.5 cm³/mol. The van der Waals surface area contributed by atoms with Gasteiger partial charge in [0, 0.05) is 5.56 Å². The molecule has 0 saturated carbocycles. The number of methoxy groups -OCH3 is 1. The van der Waals surface area contributed by atoms with Crippen molar-refractivity contribution >= 4 is 5.97 Å². The van der Waals surface area contributed by atoms with E-state index in [-0.39, 0.29) is 11.1 Å². The average Bonchev–Trinajstić information content (AvgIpc) is 2.15. The molecule has 76 valence electrons. The summed E-state index contributed by atoms with van der Waals surface area (Å²) in [5, 5.41) is 0. The summed E-state index contributed by atoms with van der Waals surface area (Å²) in [6.07, 6.45) is -2.51. The van der Waals surface area contributed by atoms with Crippen molar-refractivity contribution in [1.29, 1.82) is 0 Å². The molecule has 1 rings (SSSR count). The molecule has 0 amide bonds. The quantitative estimate of drug-likeness (QED) is 0.686. The van der Waals surface area contributed by atoms with Crippen LogP contribution in [0, 0.1) is 6.92 Å². The highest BCUT2D eigenvalue weighted by atomic mass is 19.3. The number of carbonyl (C=O) groups excluding carboxylic acids is 1. The second-order valence-electron chi connectivity index (χ2n) is 2.86. The van der Waals surface area contributed by atoms with E-state index in [1.54, 1.807) is 0 Å². The Morgan fingerprint density at radius 1 is 1.43 bits per heavy atom. The number of rotatable bonds is 2. The minimum atomic E-state index is -2.51. The fourth-order valence-electron chi connectivity index (χ4n) is 1.17. The SMILES string of the molecule is COC(=O)c1ccc(C(F)F)c(C)c1. The minimum Gasteiger partial charge on any atom is -0.465 e. The van der Waals surface area contributed by atoms with E-state index in [1.165, 1.54) is 32.2 Å². The molecule has 14 heavy (non-hydrogen) atoms. The van der Waals surface area contributed by atoms with Gasteiger partial charge in [-0.15, -0.1) is 0 Å². The monoisotopic (exact) mass is 200 g/mol. The lowest BCUT2D eigenvalue weighted by Crippen LogP contribution is -2.02. The molecule has 0 unspecified atom stereocenters. The molecule has 0 aliphatic heterocycles. The molecule has 0 N–H and O–H groups in total. The van der Waals surface area contributed by atoms with Gasteiger partial charge in [0.2, 0.25) is 0 Å². The molecule has 0 aliphatic rings. The molecule has 1 aromatic rings. The summed E-state index contributed by atoms with van der Waals surface area (Å²) in [5.74, 6) is -0.520. The second-order valence-corrected chi connectivity index (χ2v) is 2.86. The van der Waals surface area contributed by atoms with Crippen molar-refractivity contribution in [2.75, 3.05) is 7.11 Å². The molecule has 0 spiro atoms. The Balaban J connectivity index is 3.06. The van der Waals surface area contributed by atoms with Crippen molar-refractivity contribution in [3.8, 4) is 0 Å². The van der Waals surface area contributed by atoms with Crippen LogP contribution in [0.1, 0.15) is 27.9 Å². The van der Waals surface area contributed by atoms with Gasteiger partial charge in [-0.05, 0) is 24.6 Å². The first kappa shape index (κ1) is 10.6. The van der Waals surface area contributed by atoms with Gasteiger partial charge in [-0.25, -0.2) is 13.6 Å². The Hall–Kier alpha value is -1.45. The summed E-state index contributed by atoms with van der Waals surface area (Å²) in [6, 6.07) is 3.97. The second kappa shape index (κ2) is 4.17. The first-order valence-corrected chi connectivity index (χ1v) is 4.03. The number of aryl methyl sites for hydroxylation is 1. The summed E-state index contributed by atoms with van der Waals surface area (Å²) in [6.45, 7) is 1.54. The normalized spacial score (nSPS) is 10.4. The number of esters is 1. The number of alkyl halides is 2.